The zero-order chi connectivity index (χ0) is 20.2. The predicted octanol–water partition coefficient (Wildman–Crippen LogP) is 6.97. The fourth-order valence-electron chi connectivity index (χ4n) is 1.95. The highest BCUT2D eigenvalue weighted by Gasteiger charge is 2.26. The van der Waals surface area contributed by atoms with E-state index in [0.29, 0.717) is 6.42 Å². The van der Waals surface area contributed by atoms with Crippen molar-refractivity contribution in [3.8, 4) is 0 Å². The van der Waals surface area contributed by atoms with Gasteiger partial charge in [0.1, 0.15) is 11.4 Å². The van der Waals surface area contributed by atoms with Gasteiger partial charge in [0.05, 0.1) is 5.92 Å². The maximum Gasteiger partial charge on any atom is 0.309 e. The molecule has 0 N–H and O–H groups in total. The summed E-state index contributed by atoms with van der Waals surface area (Å²) in [6.45, 7) is 21.5. The molecule has 0 saturated carbocycles. The van der Waals surface area contributed by atoms with Crippen LogP contribution in [0.25, 0.3) is 0 Å². The first-order chi connectivity index (χ1) is 11.3. The van der Waals surface area contributed by atoms with Gasteiger partial charge in [-0.05, 0) is 52.9 Å². The van der Waals surface area contributed by atoms with Crippen LogP contribution in [-0.2, 0) is 14.3 Å². The van der Waals surface area contributed by atoms with Crippen molar-refractivity contribution in [2.75, 3.05) is 0 Å². The van der Waals surface area contributed by atoms with Crippen molar-refractivity contribution in [3.05, 3.63) is 0 Å². The second-order valence-corrected chi connectivity index (χ2v) is 5.60. The number of hydrogen-bond donors (Lipinski definition) is 0. The Morgan fingerprint density at radius 1 is 0.875 bits per heavy atom. The average molecular weight is 347 g/mol. The van der Waals surface area contributed by atoms with Gasteiger partial charge in [-0.1, -0.05) is 55.4 Å². The zero-order valence-electron chi connectivity index (χ0n) is 18.5. The first-order valence-electron chi connectivity index (χ1n) is 10.0. The van der Waals surface area contributed by atoms with E-state index in [1.54, 1.807) is 6.92 Å². The summed E-state index contributed by atoms with van der Waals surface area (Å²) in [6, 6.07) is 0. The van der Waals surface area contributed by atoms with Crippen LogP contribution in [0.5, 0.6) is 0 Å². The number of carbonyl (C=O) groups is 2. The van der Waals surface area contributed by atoms with Gasteiger partial charge >= 0.3 is 5.97 Å². The first-order valence-corrected chi connectivity index (χ1v) is 10.0. The van der Waals surface area contributed by atoms with Gasteiger partial charge in [0.25, 0.3) is 0 Å². The molecular formula is C21H46O3. The van der Waals surface area contributed by atoms with Gasteiger partial charge in [0.15, 0.2) is 0 Å². The molecular weight excluding hydrogens is 300 g/mol. The van der Waals surface area contributed by atoms with Gasteiger partial charge in [-0.3, -0.25) is 4.79 Å². The van der Waals surface area contributed by atoms with Crippen LogP contribution in [0.3, 0.4) is 0 Å². The molecule has 0 heterocycles. The van der Waals surface area contributed by atoms with Gasteiger partial charge in [-0.25, -0.2) is 0 Å². The second kappa shape index (κ2) is 22.1. The Hall–Kier alpha value is -0.860. The molecule has 0 radical (unpaired) electrons. The van der Waals surface area contributed by atoms with Crippen molar-refractivity contribution in [3.63, 3.8) is 0 Å². The zero-order valence-corrected chi connectivity index (χ0v) is 18.5. The number of ketones is 1. The van der Waals surface area contributed by atoms with E-state index in [4.69, 9.17) is 4.74 Å². The van der Waals surface area contributed by atoms with Crippen molar-refractivity contribution in [1.29, 1.82) is 0 Å². The molecule has 24 heavy (non-hydrogen) atoms. The summed E-state index contributed by atoms with van der Waals surface area (Å²) in [5.41, 5.74) is -0.420. The Balaban J connectivity index is -0.000000297. The average Bonchev–Trinajstić information content (AvgIpc) is 2.58. The Labute approximate surface area is 152 Å². The molecule has 0 bridgehead atoms. The monoisotopic (exact) mass is 346 g/mol. The van der Waals surface area contributed by atoms with Crippen molar-refractivity contribution in [1.82, 2.24) is 0 Å². The summed E-state index contributed by atoms with van der Waals surface area (Å²) in [6.07, 6.45) is 4.89. The van der Waals surface area contributed by atoms with Crippen LogP contribution in [0.4, 0.5) is 0 Å². The topological polar surface area (TPSA) is 43.4 Å². The van der Waals surface area contributed by atoms with Crippen LogP contribution in [0.1, 0.15) is 115 Å². The minimum Gasteiger partial charge on any atom is -0.459 e. The lowest BCUT2D eigenvalue weighted by Crippen LogP contribution is -2.31. The molecule has 0 rings (SSSR count). The van der Waals surface area contributed by atoms with E-state index < -0.39 is 5.60 Å². The van der Waals surface area contributed by atoms with Crippen LogP contribution in [0.15, 0.2) is 0 Å². The summed E-state index contributed by atoms with van der Waals surface area (Å²) in [4.78, 5) is 22.7. The number of Topliss-reactive ketones (excluding diaryl/α,β-unsaturated/α-hetero) is 1. The Morgan fingerprint density at radius 2 is 1.29 bits per heavy atom. The Morgan fingerprint density at radius 3 is 1.62 bits per heavy atom. The highest BCUT2D eigenvalue weighted by molar-refractivity contribution is 5.75. The summed E-state index contributed by atoms with van der Waals surface area (Å²) >= 11 is 0. The minimum atomic E-state index is -0.420. The van der Waals surface area contributed by atoms with Crippen molar-refractivity contribution in [2.45, 2.75) is 120 Å². The molecule has 0 aliphatic rings. The summed E-state index contributed by atoms with van der Waals surface area (Å²) in [5, 5.41) is 0. The quantitative estimate of drug-likeness (QED) is 0.334. The molecule has 0 fully saturated rings. The smallest absolute Gasteiger partial charge is 0.309 e. The third-order valence-electron chi connectivity index (χ3n) is 3.25. The van der Waals surface area contributed by atoms with Crippen molar-refractivity contribution in [2.24, 2.45) is 5.92 Å². The number of rotatable bonds is 9. The number of esters is 1. The molecule has 0 spiro atoms. The van der Waals surface area contributed by atoms with E-state index in [1.165, 1.54) is 0 Å². The lowest BCUT2D eigenvalue weighted by atomic mass is 9.98. The molecule has 0 aliphatic heterocycles. The second-order valence-electron chi connectivity index (χ2n) is 5.60. The fraction of sp³-hybridized carbons (Fsp3) is 0.905. The number of carbonyl (C=O) groups excluding carboxylic acids is 2. The van der Waals surface area contributed by atoms with Gasteiger partial charge < -0.3 is 9.53 Å². The fourth-order valence-corrected chi connectivity index (χ4v) is 1.95. The van der Waals surface area contributed by atoms with Crippen molar-refractivity contribution >= 4 is 11.8 Å². The molecule has 0 atom stereocenters. The first kappa shape index (κ1) is 31.0. The van der Waals surface area contributed by atoms with E-state index in [-0.39, 0.29) is 17.7 Å². The van der Waals surface area contributed by atoms with Crippen LogP contribution in [0, 0.1) is 5.92 Å². The highest BCUT2D eigenvalue weighted by Crippen LogP contribution is 2.22. The SMILES string of the molecule is CC.CC.CC.CCC(CC)C(=O)OC(C)(C)CCCCC(C)=O. The third-order valence-corrected chi connectivity index (χ3v) is 3.25. The van der Waals surface area contributed by atoms with Gasteiger partial charge in [-0.2, -0.15) is 0 Å². The molecule has 0 saturated heterocycles. The normalized spacial score (nSPS) is 9.50. The number of unbranched alkanes of at least 4 members (excludes halogenated alkanes) is 1. The third kappa shape index (κ3) is 21.1. The lowest BCUT2D eigenvalue weighted by molar-refractivity contribution is -0.162. The van der Waals surface area contributed by atoms with Crippen molar-refractivity contribution < 1.29 is 14.3 Å². The van der Waals surface area contributed by atoms with E-state index in [9.17, 15) is 9.59 Å². The summed E-state index contributed by atoms with van der Waals surface area (Å²) < 4.78 is 5.56. The summed E-state index contributed by atoms with van der Waals surface area (Å²) in [7, 11) is 0. The lowest BCUT2D eigenvalue weighted by Gasteiger charge is -2.27. The van der Waals surface area contributed by atoms with E-state index >= 15 is 0 Å². The highest BCUT2D eigenvalue weighted by atomic mass is 16.6. The van der Waals surface area contributed by atoms with Crippen LogP contribution in [-0.4, -0.2) is 17.4 Å². The van der Waals surface area contributed by atoms with Gasteiger partial charge in [0.2, 0.25) is 0 Å². The molecule has 0 aromatic heterocycles. The van der Waals surface area contributed by atoms with Crippen LogP contribution in [0.2, 0.25) is 0 Å². The Kier molecular flexibility index (Phi) is 28.6. The van der Waals surface area contributed by atoms with Crippen LogP contribution < -0.4 is 0 Å². The van der Waals surface area contributed by atoms with E-state index in [0.717, 1.165) is 32.1 Å². The largest absolute Gasteiger partial charge is 0.459 e. The van der Waals surface area contributed by atoms with E-state index in [1.807, 2.05) is 69.2 Å². The number of ether oxygens (including phenoxy) is 1. The molecule has 0 aliphatic carbocycles. The molecule has 148 valence electrons. The molecule has 0 amide bonds. The van der Waals surface area contributed by atoms with Gasteiger partial charge in [-0.15, -0.1) is 0 Å². The Bertz CT molecular complexity index is 266. The molecule has 0 aromatic carbocycles. The maximum atomic E-state index is 11.9. The summed E-state index contributed by atoms with van der Waals surface area (Å²) in [5.74, 6) is 0.153. The minimum absolute atomic E-state index is 0.0153. The predicted molar refractivity (Wildman–Crippen MR) is 107 cm³/mol. The standard InChI is InChI=1S/C15H28O3.3C2H6/c1-6-13(7-2)14(17)18-15(4,5)11-9-8-10-12(3)16;3*1-2/h13H,6-11H2,1-5H3;3*1-2H3. The number of hydrogen-bond acceptors (Lipinski definition) is 3. The molecule has 3 heteroatoms. The molecule has 0 unspecified atom stereocenters. The van der Waals surface area contributed by atoms with Crippen LogP contribution >= 0.6 is 0 Å². The maximum absolute atomic E-state index is 11.9. The van der Waals surface area contributed by atoms with Gasteiger partial charge in [0, 0.05) is 6.42 Å². The van der Waals surface area contributed by atoms with E-state index in [2.05, 4.69) is 0 Å². The molecule has 0 aromatic rings. The molecule has 3 nitrogen and oxygen atoms in total.